The molecule has 0 atom stereocenters. The summed E-state index contributed by atoms with van der Waals surface area (Å²) in [5, 5.41) is 9.58. The van der Waals surface area contributed by atoms with E-state index in [1.54, 1.807) is 6.21 Å². The fraction of sp³-hybridized carbons (Fsp3) is 0. The van der Waals surface area contributed by atoms with Gasteiger partial charge in [-0.15, -0.1) is 0 Å². The van der Waals surface area contributed by atoms with Crippen LogP contribution < -0.4 is 0 Å². The third-order valence-corrected chi connectivity index (χ3v) is 3.37. The van der Waals surface area contributed by atoms with Crippen LogP contribution in [-0.2, 0) is 0 Å². The Morgan fingerprint density at radius 2 is 1.59 bits per heavy atom. The Labute approximate surface area is 116 Å². The Morgan fingerprint density at radius 3 is 2.18 bits per heavy atom. The topological polar surface area (TPSA) is 32.6 Å². The molecule has 0 aromatic heterocycles. The minimum atomic E-state index is 0.196. The minimum absolute atomic E-state index is 0.196. The summed E-state index contributed by atoms with van der Waals surface area (Å²) in [4.78, 5) is 4.34. The van der Waals surface area contributed by atoms with Crippen molar-refractivity contribution in [1.82, 2.24) is 0 Å². The van der Waals surface area contributed by atoms with Crippen molar-refractivity contribution in [1.29, 1.82) is 0 Å². The monoisotopic (exact) mass is 353 g/mol. The van der Waals surface area contributed by atoms with Crippen molar-refractivity contribution in [3.63, 3.8) is 0 Å². The van der Waals surface area contributed by atoms with E-state index in [0.717, 1.165) is 11.3 Å². The van der Waals surface area contributed by atoms with Gasteiger partial charge in [0.05, 0.1) is 14.6 Å². The molecule has 0 amide bonds. The van der Waals surface area contributed by atoms with E-state index in [9.17, 15) is 5.11 Å². The van der Waals surface area contributed by atoms with Gasteiger partial charge in [0.15, 0.2) is 0 Å². The van der Waals surface area contributed by atoms with Crippen molar-refractivity contribution in [3.8, 4) is 5.75 Å². The average molecular weight is 355 g/mol. The smallest absolute Gasteiger partial charge is 0.143 e. The number of hydrogen-bond acceptors (Lipinski definition) is 2. The largest absolute Gasteiger partial charge is 0.506 e. The van der Waals surface area contributed by atoms with Gasteiger partial charge in [-0.1, -0.05) is 18.2 Å². The highest BCUT2D eigenvalue weighted by Gasteiger charge is 2.04. The molecule has 86 valence electrons. The predicted molar refractivity (Wildman–Crippen MR) is 77.2 cm³/mol. The summed E-state index contributed by atoms with van der Waals surface area (Å²) in [7, 11) is 0. The van der Waals surface area contributed by atoms with E-state index in [1.165, 1.54) is 0 Å². The molecule has 0 unspecified atom stereocenters. The van der Waals surface area contributed by atoms with Crippen LogP contribution in [-0.4, -0.2) is 11.3 Å². The van der Waals surface area contributed by atoms with Gasteiger partial charge in [0, 0.05) is 6.21 Å². The maximum Gasteiger partial charge on any atom is 0.143 e. The number of hydrogen-bond donors (Lipinski definition) is 1. The molecule has 0 spiro atoms. The summed E-state index contributed by atoms with van der Waals surface area (Å²) in [5.41, 5.74) is 1.80. The first kappa shape index (κ1) is 12.3. The first-order valence-electron chi connectivity index (χ1n) is 4.94. The quantitative estimate of drug-likeness (QED) is 0.781. The summed E-state index contributed by atoms with van der Waals surface area (Å²) in [5.74, 6) is 0.196. The molecule has 0 aliphatic carbocycles. The SMILES string of the molecule is Oc1c(Br)cc(C=Nc2ccccc2)cc1Br. The molecule has 0 saturated heterocycles. The van der Waals surface area contributed by atoms with Crippen molar-refractivity contribution in [3.05, 3.63) is 57.0 Å². The zero-order chi connectivity index (χ0) is 12.3. The van der Waals surface area contributed by atoms with Crippen molar-refractivity contribution < 1.29 is 5.11 Å². The van der Waals surface area contributed by atoms with Gasteiger partial charge in [-0.2, -0.15) is 0 Å². The van der Waals surface area contributed by atoms with Crippen molar-refractivity contribution in [2.24, 2.45) is 4.99 Å². The van der Waals surface area contributed by atoms with Crippen LogP contribution in [0.2, 0.25) is 0 Å². The first-order valence-corrected chi connectivity index (χ1v) is 6.52. The molecular formula is C13H9Br2NO. The van der Waals surface area contributed by atoms with E-state index < -0.39 is 0 Å². The molecule has 0 heterocycles. The maximum atomic E-state index is 9.58. The van der Waals surface area contributed by atoms with Crippen molar-refractivity contribution in [2.75, 3.05) is 0 Å². The highest BCUT2D eigenvalue weighted by molar-refractivity contribution is 9.11. The number of halogens is 2. The van der Waals surface area contributed by atoms with Crippen molar-refractivity contribution >= 4 is 43.8 Å². The van der Waals surface area contributed by atoms with E-state index >= 15 is 0 Å². The lowest BCUT2D eigenvalue weighted by atomic mass is 10.2. The number of aromatic hydroxyl groups is 1. The Kier molecular flexibility index (Phi) is 3.97. The molecule has 2 aromatic carbocycles. The van der Waals surface area contributed by atoms with Crippen LogP contribution in [0.5, 0.6) is 5.75 Å². The Balaban J connectivity index is 2.28. The van der Waals surface area contributed by atoms with E-state index in [2.05, 4.69) is 36.9 Å². The number of phenolic OH excluding ortho intramolecular Hbond substituents is 1. The second kappa shape index (κ2) is 5.47. The second-order valence-electron chi connectivity index (χ2n) is 3.43. The van der Waals surface area contributed by atoms with Gasteiger partial charge in [0.2, 0.25) is 0 Å². The Morgan fingerprint density at radius 1 is 1.00 bits per heavy atom. The third kappa shape index (κ3) is 3.17. The number of nitrogens with zero attached hydrogens (tertiary/aromatic N) is 1. The molecule has 0 bridgehead atoms. The molecule has 0 saturated carbocycles. The standard InChI is InChI=1S/C13H9Br2NO/c14-11-6-9(7-12(15)13(11)17)8-16-10-4-2-1-3-5-10/h1-8,17H. The molecule has 4 heteroatoms. The lowest BCUT2D eigenvalue weighted by molar-refractivity contribution is 0.468. The lowest BCUT2D eigenvalue weighted by Gasteiger charge is -2.01. The highest BCUT2D eigenvalue weighted by atomic mass is 79.9. The van der Waals surface area contributed by atoms with Crippen LogP contribution in [0.4, 0.5) is 5.69 Å². The van der Waals surface area contributed by atoms with Crippen LogP contribution >= 0.6 is 31.9 Å². The molecule has 2 aromatic rings. The summed E-state index contributed by atoms with van der Waals surface area (Å²) in [6.45, 7) is 0. The molecule has 0 aliphatic rings. The summed E-state index contributed by atoms with van der Waals surface area (Å²) in [6.07, 6.45) is 1.75. The lowest BCUT2D eigenvalue weighted by Crippen LogP contribution is -1.82. The molecule has 2 rings (SSSR count). The number of aliphatic imine (C=N–C) groups is 1. The number of benzene rings is 2. The van der Waals surface area contributed by atoms with Crippen LogP contribution in [0.1, 0.15) is 5.56 Å². The van der Waals surface area contributed by atoms with Gasteiger partial charge >= 0.3 is 0 Å². The molecule has 17 heavy (non-hydrogen) atoms. The first-order chi connectivity index (χ1) is 8.16. The van der Waals surface area contributed by atoms with Gasteiger partial charge in [-0.05, 0) is 61.7 Å². The summed E-state index contributed by atoms with van der Waals surface area (Å²) < 4.78 is 1.28. The van der Waals surface area contributed by atoms with Gasteiger partial charge in [0.25, 0.3) is 0 Å². The molecular weight excluding hydrogens is 346 g/mol. The van der Waals surface area contributed by atoms with Gasteiger partial charge in [-0.3, -0.25) is 4.99 Å². The second-order valence-corrected chi connectivity index (χ2v) is 5.14. The normalized spacial score (nSPS) is 10.9. The van der Waals surface area contributed by atoms with Gasteiger partial charge in [0.1, 0.15) is 5.75 Å². The maximum absolute atomic E-state index is 9.58. The van der Waals surface area contributed by atoms with Crippen LogP contribution in [0.25, 0.3) is 0 Å². The van der Waals surface area contributed by atoms with Gasteiger partial charge in [-0.25, -0.2) is 0 Å². The van der Waals surface area contributed by atoms with E-state index in [1.807, 2.05) is 42.5 Å². The zero-order valence-electron chi connectivity index (χ0n) is 8.77. The fourth-order valence-corrected chi connectivity index (χ4v) is 2.54. The molecule has 0 fully saturated rings. The van der Waals surface area contributed by atoms with Gasteiger partial charge < -0.3 is 5.11 Å². The third-order valence-electron chi connectivity index (χ3n) is 2.16. The number of rotatable bonds is 2. The molecule has 1 N–H and O–H groups in total. The van der Waals surface area contributed by atoms with E-state index in [-0.39, 0.29) is 5.75 Å². The van der Waals surface area contributed by atoms with Crippen LogP contribution in [0.3, 0.4) is 0 Å². The Bertz CT molecular complexity index is 530. The molecule has 2 nitrogen and oxygen atoms in total. The van der Waals surface area contributed by atoms with E-state index in [4.69, 9.17) is 0 Å². The molecule has 0 aliphatic heterocycles. The fourth-order valence-electron chi connectivity index (χ4n) is 1.32. The number of phenols is 1. The average Bonchev–Trinajstić information content (AvgIpc) is 2.34. The Hall–Kier alpha value is -1.13. The number of para-hydroxylation sites is 1. The highest BCUT2D eigenvalue weighted by Crippen LogP contribution is 2.32. The van der Waals surface area contributed by atoms with Crippen molar-refractivity contribution in [2.45, 2.75) is 0 Å². The minimum Gasteiger partial charge on any atom is -0.506 e. The zero-order valence-corrected chi connectivity index (χ0v) is 11.9. The van der Waals surface area contributed by atoms with Crippen LogP contribution in [0.15, 0.2) is 56.4 Å². The predicted octanol–water partition coefficient (Wildman–Crippen LogP) is 4.67. The van der Waals surface area contributed by atoms with E-state index in [0.29, 0.717) is 8.95 Å². The summed E-state index contributed by atoms with van der Waals surface area (Å²) >= 11 is 6.56. The van der Waals surface area contributed by atoms with Crippen LogP contribution in [0, 0.1) is 0 Å². The molecule has 0 radical (unpaired) electrons. The summed E-state index contributed by atoms with van der Waals surface area (Å²) in [6, 6.07) is 13.3.